The van der Waals surface area contributed by atoms with Gasteiger partial charge in [0.25, 0.3) is 0 Å². The molecule has 19 heavy (non-hydrogen) atoms. The Balaban J connectivity index is 2.84. The molecule has 0 spiro atoms. The fraction of sp³-hybridized carbons (Fsp3) is 0.538. The molecule has 0 aliphatic rings. The average Bonchev–Trinajstić information content (AvgIpc) is 2.69. The van der Waals surface area contributed by atoms with Crippen LogP contribution in [0.3, 0.4) is 0 Å². The number of nitrogens with one attached hydrogen (secondary N) is 1. The number of hydrogen-bond donors (Lipinski definition) is 2. The Labute approximate surface area is 117 Å². The molecule has 0 unspecified atom stereocenters. The maximum Gasteiger partial charge on any atom is 0.350 e. The van der Waals surface area contributed by atoms with E-state index in [-0.39, 0.29) is 5.91 Å². The number of hydrogen-bond acceptors (Lipinski definition) is 5. The third kappa shape index (κ3) is 4.04. The number of rotatable bonds is 5. The van der Waals surface area contributed by atoms with Crippen LogP contribution in [0.5, 0.6) is 0 Å². The lowest BCUT2D eigenvalue weighted by Crippen LogP contribution is -2.37. The van der Waals surface area contributed by atoms with E-state index in [1.165, 1.54) is 18.4 Å². The maximum absolute atomic E-state index is 12.0. The summed E-state index contributed by atoms with van der Waals surface area (Å²) in [5, 5.41) is 4.53. The van der Waals surface area contributed by atoms with E-state index in [0.717, 1.165) is 5.56 Å². The van der Waals surface area contributed by atoms with E-state index in [0.29, 0.717) is 22.9 Å². The molecular weight excluding hydrogens is 264 g/mol. The van der Waals surface area contributed by atoms with Gasteiger partial charge in [0.05, 0.1) is 18.8 Å². The lowest BCUT2D eigenvalue weighted by molar-refractivity contribution is -0.117. The molecule has 1 aromatic heterocycles. The Kier molecular flexibility index (Phi) is 5.50. The molecular formula is C13H20N2O3S. The zero-order valence-corrected chi connectivity index (χ0v) is 12.5. The highest BCUT2D eigenvalue weighted by Crippen LogP contribution is 2.28. The van der Waals surface area contributed by atoms with Gasteiger partial charge < -0.3 is 15.8 Å². The molecule has 0 saturated carbocycles. The summed E-state index contributed by atoms with van der Waals surface area (Å²) >= 11 is 1.25. The van der Waals surface area contributed by atoms with E-state index < -0.39 is 12.0 Å². The highest BCUT2D eigenvalue weighted by atomic mass is 32.1. The Morgan fingerprint density at radius 1 is 1.47 bits per heavy atom. The van der Waals surface area contributed by atoms with E-state index in [1.54, 1.807) is 5.38 Å². The largest absolute Gasteiger partial charge is 0.465 e. The van der Waals surface area contributed by atoms with Crippen LogP contribution in [0.15, 0.2) is 5.38 Å². The minimum absolute atomic E-state index is 0.277. The number of carbonyl (C=O) groups is 2. The first-order valence-corrected chi connectivity index (χ1v) is 6.97. The highest BCUT2D eigenvalue weighted by molar-refractivity contribution is 7.12. The van der Waals surface area contributed by atoms with E-state index in [9.17, 15) is 9.59 Å². The standard InChI is InChI=1S/C13H20N2O3S/c1-7(2)5-9(14)12(16)15-10-8(3)6-19-11(10)13(17)18-4/h6-7,9H,5,14H2,1-4H3,(H,15,16)/t9-/m1/s1. The van der Waals surface area contributed by atoms with E-state index in [2.05, 4.69) is 10.1 Å². The Hall–Kier alpha value is -1.40. The fourth-order valence-electron chi connectivity index (χ4n) is 1.67. The topological polar surface area (TPSA) is 81.4 Å². The molecule has 6 heteroatoms. The van der Waals surface area contributed by atoms with Crippen LogP contribution in [-0.4, -0.2) is 25.0 Å². The second-order valence-electron chi connectivity index (χ2n) is 4.84. The molecule has 1 rings (SSSR count). The summed E-state index contributed by atoms with van der Waals surface area (Å²) in [6, 6.07) is -0.579. The number of anilines is 1. The predicted molar refractivity (Wildman–Crippen MR) is 76.5 cm³/mol. The molecule has 1 heterocycles. The zero-order valence-electron chi connectivity index (χ0n) is 11.6. The number of carbonyl (C=O) groups excluding carboxylic acids is 2. The third-order valence-electron chi connectivity index (χ3n) is 2.66. The van der Waals surface area contributed by atoms with Crippen molar-refractivity contribution in [1.29, 1.82) is 0 Å². The number of thiophene rings is 1. The van der Waals surface area contributed by atoms with Crippen molar-refractivity contribution in [3.8, 4) is 0 Å². The number of esters is 1. The van der Waals surface area contributed by atoms with Gasteiger partial charge in [-0.1, -0.05) is 13.8 Å². The van der Waals surface area contributed by atoms with Crippen LogP contribution in [0.2, 0.25) is 0 Å². The average molecular weight is 284 g/mol. The summed E-state index contributed by atoms with van der Waals surface area (Å²) in [7, 11) is 1.31. The third-order valence-corrected chi connectivity index (χ3v) is 3.73. The Bertz CT molecular complexity index is 468. The van der Waals surface area contributed by atoms with Crippen LogP contribution >= 0.6 is 11.3 Å². The second kappa shape index (κ2) is 6.68. The van der Waals surface area contributed by atoms with E-state index >= 15 is 0 Å². The predicted octanol–water partition coefficient (Wildman–Crippen LogP) is 2.16. The van der Waals surface area contributed by atoms with Crippen molar-refractivity contribution in [2.45, 2.75) is 33.2 Å². The zero-order chi connectivity index (χ0) is 14.6. The van der Waals surface area contributed by atoms with Crippen molar-refractivity contribution < 1.29 is 14.3 Å². The molecule has 5 nitrogen and oxygen atoms in total. The Morgan fingerprint density at radius 2 is 2.11 bits per heavy atom. The van der Waals surface area contributed by atoms with Gasteiger partial charge in [0.2, 0.25) is 5.91 Å². The molecule has 0 aliphatic carbocycles. The van der Waals surface area contributed by atoms with Gasteiger partial charge in [0.15, 0.2) is 0 Å². The number of aryl methyl sites for hydroxylation is 1. The van der Waals surface area contributed by atoms with E-state index in [4.69, 9.17) is 5.73 Å². The molecule has 0 bridgehead atoms. The van der Waals surface area contributed by atoms with Crippen molar-refractivity contribution in [1.82, 2.24) is 0 Å². The van der Waals surface area contributed by atoms with Crippen molar-refractivity contribution >= 4 is 28.9 Å². The number of nitrogens with two attached hydrogens (primary N) is 1. The van der Waals surface area contributed by atoms with Gasteiger partial charge in [-0.2, -0.15) is 0 Å². The first-order valence-electron chi connectivity index (χ1n) is 6.09. The summed E-state index contributed by atoms with van der Waals surface area (Å²) in [4.78, 5) is 24.0. The summed E-state index contributed by atoms with van der Waals surface area (Å²) in [6.45, 7) is 5.83. The van der Waals surface area contributed by atoms with Gasteiger partial charge in [-0.15, -0.1) is 11.3 Å². The van der Waals surface area contributed by atoms with Crippen LogP contribution in [0, 0.1) is 12.8 Å². The van der Waals surface area contributed by atoms with Crippen molar-refractivity contribution in [2.24, 2.45) is 11.7 Å². The minimum Gasteiger partial charge on any atom is -0.465 e. The molecule has 0 aromatic carbocycles. The molecule has 0 fully saturated rings. The van der Waals surface area contributed by atoms with Crippen LogP contribution < -0.4 is 11.1 Å². The molecule has 1 amide bonds. The Morgan fingerprint density at radius 3 is 2.63 bits per heavy atom. The lowest BCUT2D eigenvalue weighted by atomic mass is 10.0. The van der Waals surface area contributed by atoms with Gasteiger partial charge in [-0.3, -0.25) is 4.79 Å². The number of amides is 1. The van der Waals surface area contributed by atoms with Crippen molar-refractivity contribution in [3.05, 3.63) is 15.8 Å². The van der Waals surface area contributed by atoms with Gasteiger partial charge >= 0.3 is 5.97 Å². The molecule has 0 aliphatic heterocycles. The van der Waals surface area contributed by atoms with Crippen LogP contribution in [0.4, 0.5) is 5.69 Å². The van der Waals surface area contributed by atoms with Crippen molar-refractivity contribution in [3.63, 3.8) is 0 Å². The molecule has 1 atom stereocenters. The normalized spacial score (nSPS) is 12.3. The van der Waals surface area contributed by atoms with Gasteiger partial charge in [0, 0.05) is 0 Å². The molecule has 106 valence electrons. The summed E-state index contributed by atoms with van der Waals surface area (Å²) in [6.07, 6.45) is 0.600. The van der Waals surface area contributed by atoms with E-state index in [1.807, 2.05) is 20.8 Å². The smallest absolute Gasteiger partial charge is 0.350 e. The van der Waals surface area contributed by atoms with Gasteiger partial charge in [-0.25, -0.2) is 4.79 Å². The van der Waals surface area contributed by atoms with Crippen molar-refractivity contribution in [2.75, 3.05) is 12.4 Å². The molecule has 0 radical (unpaired) electrons. The lowest BCUT2D eigenvalue weighted by Gasteiger charge is -2.14. The maximum atomic E-state index is 12.0. The summed E-state index contributed by atoms with van der Waals surface area (Å²) in [5.74, 6) is -0.393. The quantitative estimate of drug-likeness (QED) is 0.812. The highest BCUT2D eigenvalue weighted by Gasteiger charge is 2.21. The van der Waals surface area contributed by atoms with Gasteiger partial charge in [-0.05, 0) is 30.2 Å². The summed E-state index contributed by atoms with van der Waals surface area (Å²) in [5.41, 5.74) is 7.15. The second-order valence-corrected chi connectivity index (χ2v) is 5.72. The first kappa shape index (κ1) is 15.7. The summed E-state index contributed by atoms with van der Waals surface area (Å²) < 4.78 is 4.69. The molecule has 0 saturated heterocycles. The molecule has 3 N–H and O–H groups in total. The van der Waals surface area contributed by atoms with Crippen LogP contribution in [0.25, 0.3) is 0 Å². The first-order chi connectivity index (χ1) is 8.86. The van der Waals surface area contributed by atoms with Crippen LogP contribution in [-0.2, 0) is 9.53 Å². The number of ether oxygens (including phenoxy) is 1. The molecule has 1 aromatic rings. The fourth-order valence-corrected chi connectivity index (χ4v) is 2.60. The SMILES string of the molecule is COC(=O)c1scc(C)c1NC(=O)[C@H](N)CC(C)C. The monoisotopic (exact) mass is 284 g/mol. The number of methoxy groups -OCH3 is 1. The van der Waals surface area contributed by atoms with Gasteiger partial charge in [0.1, 0.15) is 4.88 Å². The van der Waals surface area contributed by atoms with Crippen LogP contribution in [0.1, 0.15) is 35.5 Å². The minimum atomic E-state index is -0.579.